The van der Waals surface area contributed by atoms with Gasteiger partial charge in [-0.2, -0.15) is 0 Å². The topological polar surface area (TPSA) is 73.7 Å². The largest absolute Gasteiger partial charge is 0.507 e. The van der Waals surface area contributed by atoms with E-state index >= 15 is 0 Å². The van der Waals surface area contributed by atoms with Crippen molar-refractivity contribution in [1.29, 1.82) is 0 Å². The van der Waals surface area contributed by atoms with Crippen LogP contribution in [0.1, 0.15) is 28.3 Å². The Morgan fingerprint density at radius 2 is 1.60 bits per heavy atom. The molecule has 1 fully saturated rings. The summed E-state index contributed by atoms with van der Waals surface area (Å²) in [6.45, 7) is 3.95. The molecule has 5 rings (SSSR count). The predicted molar refractivity (Wildman–Crippen MR) is 141 cm³/mol. The monoisotopic (exact) mass is 483 g/mol. The van der Waals surface area contributed by atoms with E-state index in [1.54, 1.807) is 12.1 Å². The van der Waals surface area contributed by atoms with Gasteiger partial charge in [0, 0.05) is 25.3 Å². The second-order valence-electron chi connectivity index (χ2n) is 8.99. The van der Waals surface area contributed by atoms with Crippen LogP contribution in [0.2, 0.25) is 0 Å². The zero-order valence-electron chi connectivity index (χ0n) is 19.9. The van der Waals surface area contributed by atoms with Gasteiger partial charge in [0.2, 0.25) is 0 Å². The molecule has 2 heterocycles. The molecule has 1 unspecified atom stereocenters. The fourth-order valence-electron chi connectivity index (χ4n) is 4.29. The normalized spacial score (nSPS) is 17.4. The summed E-state index contributed by atoms with van der Waals surface area (Å²) in [6.07, 6.45) is 0. The molecule has 0 bridgehead atoms. The number of thiazole rings is 1. The Kier molecular flexibility index (Phi) is 5.65. The van der Waals surface area contributed by atoms with E-state index in [1.165, 1.54) is 16.2 Å². The molecule has 6 nitrogen and oxygen atoms in total. The summed E-state index contributed by atoms with van der Waals surface area (Å²) in [4.78, 5) is 34.8. The van der Waals surface area contributed by atoms with Gasteiger partial charge in [0.1, 0.15) is 5.76 Å². The summed E-state index contributed by atoms with van der Waals surface area (Å²) in [5.74, 6) is -1.61. The average molecular weight is 484 g/mol. The second kappa shape index (κ2) is 8.67. The van der Waals surface area contributed by atoms with Crippen LogP contribution in [-0.2, 0) is 9.59 Å². The van der Waals surface area contributed by atoms with Crippen molar-refractivity contribution in [2.75, 3.05) is 23.9 Å². The zero-order chi connectivity index (χ0) is 24.9. The van der Waals surface area contributed by atoms with E-state index in [4.69, 9.17) is 0 Å². The Labute approximate surface area is 207 Å². The van der Waals surface area contributed by atoms with Crippen molar-refractivity contribution in [3.8, 4) is 0 Å². The fraction of sp³-hybridized carbons (Fsp3) is 0.179. The van der Waals surface area contributed by atoms with Crippen molar-refractivity contribution < 1.29 is 14.7 Å². The summed E-state index contributed by atoms with van der Waals surface area (Å²) in [6, 6.07) is 20.0. The Morgan fingerprint density at radius 3 is 2.26 bits per heavy atom. The minimum Gasteiger partial charge on any atom is -0.507 e. The number of carbonyl (C=O) groups excluding carboxylic acids is 2. The number of anilines is 2. The number of aliphatic hydroxyl groups excluding tert-OH is 1. The van der Waals surface area contributed by atoms with Gasteiger partial charge < -0.3 is 10.0 Å². The van der Waals surface area contributed by atoms with Gasteiger partial charge in [0.15, 0.2) is 5.13 Å². The van der Waals surface area contributed by atoms with E-state index < -0.39 is 17.7 Å². The molecular formula is C28H25N3O3S. The minimum absolute atomic E-state index is 0.0619. The van der Waals surface area contributed by atoms with Gasteiger partial charge in [-0.25, -0.2) is 4.98 Å². The molecule has 1 aliphatic rings. The Bertz CT molecular complexity index is 1480. The Morgan fingerprint density at radius 1 is 0.943 bits per heavy atom. The lowest BCUT2D eigenvalue weighted by molar-refractivity contribution is -0.132. The third kappa shape index (κ3) is 3.98. The number of carbonyl (C=O) groups is 2. The molecule has 3 aromatic carbocycles. The summed E-state index contributed by atoms with van der Waals surface area (Å²) in [7, 11) is 3.89. The van der Waals surface area contributed by atoms with E-state index in [0.717, 1.165) is 32.6 Å². The van der Waals surface area contributed by atoms with Crippen LogP contribution in [0.5, 0.6) is 0 Å². The molecule has 7 heteroatoms. The van der Waals surface area contributed by atoms with Crippen LogP contribution in [0.15, 0.2) is 72.3 Å². The highest BCUT2D eigenvalue weighted by Crippen LogP contribution is 2.44. The van der Waals surface area contributed by atoms with Gasteiger partial charge in [0.05, 0.1) is 21.8 Å². The number of nitrogens with zero attached hydrogens (tertiary/aromatic N) is 3. The van der Waals surface area contributed by atoms with Crippen LogP contribution < -0.4 is 9.80 Å². The van der Waals surface area contributed by atoms with E-state index in [-0.39, 0.29) is 11.3 Å². The van der Waals surface area contributed by atoms with Crippen molar-refractivity contribution in [3.63, 3.8) is 0 Å². The maximum absolute atomic E-state index is 13.4. The minimum atomic E-state index is -0.797. The Hall–Kier alpha value is -3.97. The van der Waals surface area contributed by atoms with Crippen LogP contribution in [0.4, 0.5) is 10.8 Å². The molecule has 1 aliphatic heterocycles. The first-order valence-electron chi connectivity index (χ1n) is 11.3. The van der Waals surface area contributed by atoms with Gasteiger partial charge in [-0.1, -0.05) is 59.4 Å². The maximum atomic E-state index is 13.4. The van der Waals surface area contributed by atoms with Crippen LogP contribution in [-0.4, -0.2) is 35.9 Å². The van der Waals surface area contributed by atoms with Gasteiger partial charge in [-0.3, -0.25) is 14.5 Å². The number of Topliss-reactive ketones (excluding diaryl/α,β-unsaturated/α-hetero) is 1. The molecule has 0 aliphatic carbocycles. The average Bonchev–Trinajstić information content (AvgIpc) is 3.37. The third-order valence-electron chi connectivity index (χ3n) is 6.23. The van der Waals surface area contributed by atoms with Crippen molar-refractivity contribution in [2.24, 2.45) is 0 Å². The molecule has 176 valence electrons. The predicted octanol–water partition coefficient (Wildman–Crippen LogP) is 5.61. The number of rotatable bonds is 4. The summed E-state index contributed by atoms with van der Waals surface area (Å²) >= 11 is 1.36. The number of ketones is 1. The van der Waals surface area contributed by atoms with Gasteiger partial charge >= 0.3 is 5.91 Å². The molecule has 1 N–H and O–H groups in total. The number of benzene rings is 3. The number of aryl methyl sites for hydroxylation is 2. The van der Waals surface area contributed by atoms with Gasteiger partial charge in [-0.05, 0) is 49.2 Å². The van der Waals surface area contributed by atoms with Gasteiger partial charge in [-0.15, -0.1) is 0 Å². The zero-order valence-corrected chi connectivity index (χ0v) is 20.8. The smallest absolute Gasteiger partial charge is 0.301 e. The molecule has 35 heavy (non-hydrogen) atoms. The lowest BCUT2D eigenvalue weighted by atomic mass is 9.95. The van der Waals surface area contributed by atoms with E-state index in [0.29, 0.717) is 10.7 Å². The lowest BCUT2D eigenvalue weighted by Crippen LogP contribution is -2.29. The molecule has 1 amide bonds. The standard InChI is InChI=1S/C28H25N3O3S/c1-16-5-8-19(9-6-16)25(32)23-24(18-10-12-20(13-11-18)30(3)4)31(27(34)26(23)33)28-29-21-14-7-17(2)15-22(21)35-28/h5-15,24,32H,1-4H3/b25-23+. The van der Waals surface area contributed by atoms with Crippen molar-refractivity contribution in [3.05, 3.63) is 94.6 Å². The third-order valence-corrected chi connectivity index (χ3v) is 7.25. The molecule has 0 radical (unpaired) electrons. The Balaban J connectivity index is 1.71. The number of aromatic nitrogens is 1. The highest BCUT2D eigenvalue weighted by molar-refractivity contribution is 7.22. The molecule has 0 spiro atoms. The molecule has 1 atom stereocenters. The van der Waals surface area contributed by atoms with Crippen molar-refractivity contribution >= 4 is 49.8 Å². The molecule has 1 saturated heterocycles. The van der Waals surface area contributed by atoms with Crippen LogP contribution in [0.25, 0.3) is 16.0 Å². The van der Waals surface area contributed by atoms with E-state index in [9.17, 15) is 14.7 Å². The number of hydrogen-bond acceptors (Lipinski definition) is 6. The van der Waals surface area contributed by atoms with Crippen LogP contribution >= 0.6 is 11.3 Å². The molecular weight excluding hydrogens is 458 g/mol. The first-order valence-corrected chi connectivity index (χ1v) is 12.1. The summed E-state index contributed by atoms with van der Waals surface area (Å²) in [5.41, 5.74) is 5.14. The number of amides is 1. The van der Waals surface area contributed by atoms with E-state index in [2.05, 4.69) is 4.98 Å². The first-order chi connectivity index (χ1) is 16.7. The van der Waals surface area contributed by atoms with Crippen molar-refractivity contribution in [1.82, 2.24) is 4.98 Å². The van der Waals surface area contributed by atoms with Gasteiger partial charge in [0.25, 0.3) is 5.78 Å². The lowest BCUT2D eigenvalue weighted by Gasteiger charge is -2.23. The highest BCUT2D eigenvalue weighted by Gasteiger charge is 2.48. The number of aliphatic hydroxyl groups is 1. The summed E-state index contributed by atoms with van der Waals surface area (Å²) < 4.78 is 0.933. The quantitative estimate of drug-likeness (QED) is 0.232. The SMILES string of the molecule is Cc1ccc(/C(O)=C2\C(=O)C(=O)N(c3nc4ccc(C)cc4s3)C2c2ccc(N(C)C)cc2)cc1. The number of hydrogen-bond donors (Lipinski definition) is 1. The molecule has 4 aromatic rings. The van der Waals surface area contributed by atoms with E-state index in [1.807, 2.05) is 87.4 Å². The fourth-order valence-corrected chi connectivity index (χ4v) is 5.38. The van der Waals surface area contributed by atoms with Crippen LogP contribution in [0, 0.1) is 13.8 Å². The molecule has 0 saturated carbocycles. The maximum Gasteiger partial charge on any atom is 0.301 e. The molecule has 1 aromatic heterocycles. The van der Waals surface area contributed by atoms with Crippen molar-refractivity contribution in [2.45, 2.75) is 19.9 Å². The number of fused-ring (bicyclic) bond motifs is 1. The highest BCUT2D eigenvalue weighted by atomic mass is 32.1. The summed E-state index contributed by atoms with van der Waals surface area (Å²) in [5, 5.41) is 11.7. The second-order valence-corrected chi connectivity index (χ2v) is 10.00. The van der Waals surface area contributed by atoms with Crippen LogP contribution in [0.3, 0.4) is 0 Å². The first kappa shape index (κ1) is 22.8.